The van der Waals surface area contributed by atoms with E-state index in [0.29, 0.717) is 0 Å². The second-order valence-corrected chi connectivity index (χ2v) is 8.05. The Labute approximate surface area is 120 Å². The molecule has 0 fully saturated rings. The third kappa shape index (κ3) is 14.2. The quantitative estimate of drug-likeness (QED) is 0.565. The van der Waals surface area contributed by atoms with E-state index >= 15 is 0 Å². The van der Waals surface area contributed by atoms with Gasteiger partial charge in [0.1, 0.15) is 0 Å². The Balaban J connectivity index is 0.000000437. The third-order valence-electron chi connectivity index (χ3n) is 1.98. The molecule has 0 aliphatic heterocycles. The second-order valence-electron chi connectivity index (χ2n) is 3.46. The van der Waals surface area contributed by atoms with Crippen molar-refractivity contribution in [2.24, 2.45) is 0 Å². The Kier molecular flexibility index (Phi) is 9.32. The predicted molar refractivity (Wildman–Crippen MR) is 78.0 cm³/mol. The van der Waals surface area contributed by atoms with E-state index in [-0.39, 0.29) is 0 Å². The summed E-state index contributed by atoms with van der Waals surface area (Å²) in [5.74, 6) is 0. The molecule has 1 aromatic carbocycles. The number of aryl methyl sites for hydroxylation is 1. The summed E-state index contributed by atoms with van der Waals surface area (Å²) in [6, 6.07) is 8.61. The standard InChI is InChI=1S/C11H15Br.Cl2O2S/c1-2-3-4-5-10-6-8-11(12)9-7-10;1-5(2,3)4/h6-9H,2-5H2,1H3;. The zero-order chi connectivity index (χ0) is 13.3. The lowest BCUT2D eigenvalue weighted by Crippen LogP contribution is -1.83. The summed E-state index contributed by atoms with van der Waals surface area (Å²) in [5, 5.41) is 0. The van der Waals surface area contributed by atoms with Crippen LogP contribution >= 0.6 is 37.3 Å². The number of hydrogen-bond donors (Lipinski definition) is 0. The zero-order valence-corrected chi connectivity index (χ0v) is 13.4. The lowest BCUT2D eigenvalue weighted by Gasteiger charge is -1.99. The van der Waals surface area contributed by atoms with Gasteiger partial charge >= 0.3 is 8.26 Å². The molecule has 2 nitrogen and oxygen atoms in total. The molecule has 0 atom stereocenters. The average Bonchev–Trinajstić information content (AvgIpc) is 2.19. The maximum atomic E-state index is 9.16. The van der Waals surface area contributed by atoms with Gasteiger partial charge in [0, 0.05) is 25.8 Å². The van der Waals surface area contributed by atoms with Crippen LogP contribution in [0.2, 0.25) is 0 Å². The van der Waals surface area contributed by atoms with Gasteiger partial charge in [0.2, 0.25) is 0 Å². The van der Waals surface area contributed by atoms with Crippen LogP contribution in [0.15, 0.2) is 28.7 Å². The van der Waals surface area contributed by atoms with E-state index < -0.39 is 8.26 Å². The van der Waals surface area contributed by atoms with Crippen molar-refractivity contribution >= 4 is 45.6 Å². The van der Waals surface area contributed by atoms with Gasteiger partial charge in [-0.15, -0.1) is 0 Å². The molecule has 0 amide bonds. The Morgan fingerprint density at radius 1 is 1.12 bits per heavy atom. The number of halogens is 3. The fourth-order valence-corrected chi connectivity index (χ4v) is 1.49. The molecule has 0 bridgehead atoms. The molecule has 0 N–H and O–H groups in total. The van der Waals surface area contributed by atoms with Crippen molar-refractivity contribution in [2.75, 3.05) is 0 Å². The van der Waals surface area contributed by atoms with Gasteiger partial charge in [-0.2, -0.15) is 8.42 Å². The van der Waals surface area contributed by atoms with Crippen molar-refractivity contribution in [1.29, 1.82) is 0 Å². The molecule has 1 aromatic rings. The molecular weight excluding hydrogens is 347 g/mol. The van der Waals surface area contributed by atoms with E-state index in [9.17, 15) is 0 Å². The zero-order valence-electron chi connectivity index (χ0n) is 9.50. The Bertz CT molecular complexity index is 396. The van der Waals surface area contributed by atoms with E-state index in [4.69, 9.17) is 8.42 Å². The van der Waals surface area contributed by atoms with Gasteiger partial charge in [-0.05, 0) is 30.5 Å². The van der Waals surface area contributed by atoms with Crippen molar-refractivity contribution in [2.45, 2.75) is 32.6 Å². The monoisotopic (exact) mass is 360 g/mol. The molecule has 6 heteroatoms. The highest BCUT2D eigenvalue weighted by molar-refractivity contribution is 9.10. The summed E-state index contributed by atoms with van der Waals surface area (Å²) >= 11 is 3.43. The van der Waals surface area contributed by atoms with Crippen molar-refractivity contribution < 1.29 is 8.42 Å². The number of hydrogen-bond acceptors (Lipinski definition) is 2. The Morgan fingerprint density at radius 2 is 1.59 bits per heavy atom. The van der Waals surface area contributed by atoms with E-state index in [2.05, 4.69) is 68.5 Å². The van der Waals surface area contributed by atoms with Crippen LogP contribution in [0.3, 0.4) is 0 Å². The fourth-order valence-electron chi connectivity index (χ4n) is 1.23. The van der Waals surface area contributed by atoms with E-state index in [1.54, 1.807) is 0 Å². The van der Waals surface area contributed by atoms with Crippen molar-refractivity contribution in [1.82, 2.24) is 0 Å². The van der Waals surface area contributed by atoms with Crippen LogP contribution in [0, 0.1) is 0 Å². The van der Waals surface area contributed by atoms with Crippen LogP contribution < -0.4 is 0 Å². The molecule has 0 spiro atoms. The predicted octanol–water partition coefficient (Wildman–Crippen LogP) is 4.89. The summed E-state index contributed by atoms with van der Waals surface area (Å²) in [5.41, 5.74) is 1.45. The first-order valence-corrected chi connectivity index (χ1v) is 9.14. The van der Waals surface area contributed by atoms with E-state index in [1.807, 2.05) is 0 Å². The van der Waals surface area contributed by atoms with Crippen LogP contribution in [0.5, 0.6) is 0 Å². The van der Waals surface area contributed by atoms with Crippen LogP contribution in [-0.2, 0) is 14.7 Å². The van der Waals surface area contributed by atoms with Gasteiger partial charge in [-0.3, -0.25) is 0 Å². The van der Waals surface area contributed by atoms with Gasteiger partial charge in [0.25, 0.3) is 0 Å². The molecule has 1 rings (SSSR count). The lowest BCUT2D eigenvalue weighted by molar-refractivity contribution is 0.621. The summed E-state index contributed by atoms with van der Waals surface area (Å²) in [7, 11) is 4.81. The molecule has 98 valence electrons. The largest absolute Gasteiger partial charge is 0.317 e. The normalized spacial score (nSPS) is 10.6. The molecule has 0 aromatic heterocycles. The minimum atomic E-state index is -3.72. The van der Waals surface area contributed by atoms with Gasteiger partial charge < -0.3 is 0 Å². The Hall–Kier alpha value is 0.230. The molecule has 0 saturated carbocycles. The van der Waals surface area contributed by atoms with Gasteiger partial charge in [0.15, 0.2) is 0 Å². The minimum Gasteiger partial charge on any atom is -0.195 e. The molecule has 17 heavy (non-hydrogen) atoms. The smallest absolute Gasteiger partial charge is 0.195 e. The molecular formula is C11H15BrCl2O2S. The lowest BCUT2D eigenvalue weighted by atomic mass is 10.1. The first-order valence-electron chi connectivity index (χ1n) is 5.21. The molecule has 0 heterocycles. The van der Waals surface area contributed by atoms with E-state index in [0.717, 1.165) is 0 Å². The third-order valence-corrected chi connectivity index (χ3v) is 2.51. The van der Waals surface area contributed by atoms with Crippen LogP contribution in [0.1, 0.15) is 31.7 Å². The topological polar surface area (TPSA) is 34.1 Å². The number of benzene rings is 1. The highest BCUT2D eigenvalue weighted by atomic mass is 79.9. The maximum Gasteiger partial charge on any atom is 0.317 e. The Morgan fingerprint density at radius 3 is 2.00 bits per heavy atom. The van der Waals surface area contributed by atoms with Crippen molar-refractivity contribution in [3.63, 3.8) is 0 Å². The van der Waals surface area contributed by atoms with Crippen molar-refractivity contribution in [3.8, 4) is 0 Å². The maximum absolute atomic E-state index is 9.16. The fraction of sp³-hybridized carbons (Fsp3) is 0.455. The second kappa shape index (κ2) is 9.20. The van der Waals surface area contributed by atoms with Gasteiger partial charge in [-0.25, -0.2) is 0 Å². The number of rotatable bonds is 4. The van der Waals surface area contributed by atoms with Gasteiger partial charge in [0.05, 0.1) is 0 Å². The van der Waals surface area contributed by atoms with Crippen LogP contribution in [0.4, 0.5) is 0 Å². The molecule has 0 unspecified atom stereocenters. The van der Waals surface area contributed by atoms with Crippen LogP contribution in [0.25, 0.3) is 0 Å². The summed E-state index contributed by atoms with van der Waals surface area (Å²) < 4.78 is 19.5. The highest BCUT2D eigenvalue weighted by Crippen LogP contribution is 2.12. The van der Waals surface area contributed by atoms with Gasteiger partial charge in [-0.1, -0.05) is 47.8 Å². The van der Waals surface area contributed by atoms with E-state index in [1.165, 1.54) is 35.7 Å². The van der Waals surface area contributed by atoms with Crippen LogP contribution in [-0.4, -0.2) is 8.42 Å². The summed E-state index contributed by atoms with van der Waals surface area (Å²) in [6.45, 7) is 2.24. The molecule has 0 aliphatic rings. The molecule has 0 saturated heterocycles. The first kappa shape index (κ1) is 17.2. The highest BCUT2D eigenvalue weighted by Gasteiger charge is 1.92. The van der Waals surface area contributed by atoms with Crippen molar-refractivity contribution in [3.05, 3.63) is 34.3 Å². The molecule has 0 radical (unpaired) electrons. The summed E-state index contributed by atoms with van der Waals surface area (Å²) in [6.07, 6.45) is 5.19. The average molecular weight is 362 g/mol. The SMILES string of the molecule is CCCCCc1ccc(Br)cc1.O=S(=O)(Cl)Cl. The molecule has 0 aliphatic carbocycles. The first-order chi connectivity index (χ1) is 7.83. The minimum absolute atomic E-state index is 1.17. The number of unbranched alkanes of at least 4 members (excludes halogenated alkanes) is 2. The summed E-state index contributed by atoms with van der Waals surface area (Å²) in [4.78, 5) is 0.